The Hall–Kier alpha value is -1.06. The predicted octanol–water partition coefficient (Wildman–Crippen LogP) is 3.64. The fraction of sp³-hybridized carbons (Fsp3) is 0.500. The van der Waals surface area contributed by atoms with Crippen molar-refractivity contribution in [2.24, 2.45) is 0 Å². The van der Waals surface area contributed by atoms with Crippen molar-refractivity contribution in [2.45, 2.75) is 38.6 Å². The zero-order valence-electron chi connectivity index (χ0n) is 10.7. The number of carboxylic acid groups (broad SMARTS) is 1. The number of hydrogen-bond donors (Lipinski definition) is 2. The lowest BCUT2D eigenvalue weighted by atomic mass is 10.0. The average Bonchev–Trinajstić information content (AvgIpc) is 2.35. The molecule has 100 valence electrons. The fourth-order valence-electron chi connectivity index (χ4n) is 1.87. The Kier molecular flexibility index (Phi) is 6.76. The minimum atomic E-state index is -0.722. The van der Waals surface area contributed by atoms with E-state index in [9.17, 15) is 4.79 Å². The molecule has 0 aromatic heterocycles. The molecule has 0 saturated carbocycles. The van der Waals surface area contributed by atoms with Crippen LogP contribution >= 0.6 is 11.6 Å². The summed E-state index contributed by atoms with van der Waals surface area (Å²) in [5.74, 6) is -0.722. The highest BCUT2D eigenvalue weighted by molar-refractivity contribution is 6.30. The number of aliphatic carboxylic acids is 1. The van der Waals surface area contributed by atoms with Crippen LogP contribution in [0.1, 0.15) is 44.2 Å². The topological polar surface area (TPSA) is 49.3 Å². The van der Waals surface area contributed by atoms with Crippen molar-refractivity contribution >= 4 is 17.6 Å². The van der Waals surface area contributed by atoms with Gasteiger partial charge in [0.2, 0.25) is 0 Å². The van der Waals surface area contributed by atoms with Crippen LogP contribution in [0.25, 0.3) is 0 Å². The molecule has 3 nitrogen and oxygen atoms in total. The molecule has 0 aliphatic rings. The second kappa shape index (κ2) is 8.11. The van der Waals surface area contributed by atoms with E-state index in [2.05, 4.69) is 12.2 Å². The highest BCUT2D eigenvalue weighted by atomic mass is 35.5. The van der Waals surface area contributed by atoms with Gasteiger partial charge in [0, 0.05) is 17.5 Å². The van der Waals surface area contributed by atoms with Gasteiger partial charge in [0.25, 0.3) is 0 Å². The molecule has 2 N–H and O–H groups in total. The van der Waals surface area contributed by atoms with Crippen LogP contribution in [-0.4, -0.2) is 17.6 Å². The summed E-state index contributed by atoms with van der Waals surface area (Å²) in [5.41, 5.74) is 1.22. The first-order valence-corrected chi connectivity index (χ1v) is 6.72. The second-order valence-electron chi connectivity index (χ2n) is 4.32. The Morgan fingerprint density at radius 3 is 2.56 bits per heavy atom. The maximum absolute atomic E-state index is 10.4. The minimum absolute atomic E-state index is 0.249. The Bertz CT molecular complexity index is 365. The molecule has 1 atom stereocenters. The van der Waals surface area contributed by atoms with Gasteiger partial charge < -0.3 is 10.4 Å². The Labute approximate surface area is 113 Å². The van der Waals surface area contributed by atoms with Crippen molar-refractivity contribution in [1.82, 2.24) is 5.32 Å². The molecule has 0 saturated heterocycles. The van der Waals surface area contributed by atoms with Crippen molar-refractivity contribution in [3.63, 3.8) is 0 Å². The number of unbranched alkanes of at least 4 members (excludes halogenated alkanes) is 1. The highest BCUT2D eigenvalue weighted by Gasteiger charge is 2.07. The van der Waals surface area contributed by atoms with Gasteiger partial charge >= 0.3 is 5.97 Å². The van der Waals surface area contributed by atoms with Crippen molar-refractivity contribution < 1.29 is 9.90 Å². The van der Waals surface area contributed by atoms with Crippen molar-refractivity contribution in [3.05, 3.63) is 34.9 Å². The number of nitrogens with one attached hydrogen (secondary N) is 1. The Morgan fingerprint density at radius 2 is 2.00 bits per heavy atom. The van der Waals surface area contributed by atoms with Crippen molar-refractivity contribution in [1.29, 1.82) is 0 Å². The zero-order valence-corrected chi connectivity index (χ0v) is 11.4. The summed E-state index contributed by atoms with van der Waals surface area (Å²) < 4.78 is 0. The smallest absolute Gasteiger partial charge is 0.303 e. The van der Waals surface area contributed by atoms with E-state index in [0.29, 0.717) is 6.04 Å². The van der Waals surface area contributed by atoms with E-state index >= 15 is 0 Å². The molecule has 1 unspecified atom stereocenters. The summed E-state index contributed by atoms with van der Waals surface area (Å²) in [5, 5.41) is 12.7. The molecule has 18 heavy (non-hydrogen) atoms. The summed E-state index contributed by atoms with van der Waals surface area (Å²) in [6, 6.07) is 8.16. The van der Waals surface area contributed by atoms with E-state index in [0.717, 1.165) is 30.8 Å². The summed E-state index contributed by atoms with van der Waals surface area (Å²) in [6.45, 7) is 2.97. The first-order valence-electron chi connectivity index (χ1n) is 6.34. The van der Waals surface area contributed by atoms with Crippen LogP contribution in [0.3, 0.4) is 0 Å². The van der Waals surface area contributed by atoms with Gasteiger partial charge in [-0.3, -0.25) is 4.79 Å². The lowest BCUT2D eigenvalue weighted by Crippen LogP contribution is -2.22. The third-order valence-electron chi connectivity index (χ3n) is 2.89. The Morgan fingerprint density at radius 1 is 1.33 bits per heavy atom. The summed E-state index contributed by atoms with van der Waals surface area (Å²) >= 11 is 5.86. The lowest BCUT2D eigenvalue weighted by Gasteiger charge is -2.17. The van der Waals surface area contributed by atoms with E-state index < -0.39 is 5.97 Å². The van der Waals surface area contributed by atoms with Gasteiger partial charge in [-0.05, 0) is 43.5 Å². The standard InChI is InChI=1S/C14H20ClNO2/c1-2-13(11-6-8-12(15)9-7-11)16-10-4-3-5-14(17)18/h6-9,13,16H,2-5,10H2,1H3,(H,17,18). The molecule has 1 aromatic carbocycles. The summed E-state index contributed by atoms with van der Waals surface area (Å²) in [7, 11) is 0. The van der Waals surface area contributed by atoms with Crippen LogP contribution in [0, 0.1) is 0 Å². The number of rotatable bonds is 8. The van der Waals surface area contributed by atoms with Gasteiger partial charge in [-0.1, -0.05) is 30.7 Å². The number of benzene rings is 1. The Balaban J connectivity index is 2.33. The monoisotopic (exact) mass is 269 g/mol. The van der Waals surface area contributed by atoms with Crippen LogP contribution in [0.4, 0.5) is 0 Å². The van der Waals surface area contributed by atoms with Crippen molar-refractivity contribution in [2.75, 3.05) is 6.54 Å². The average molecular weight is 270 g/mol. The van der Waals surface area contributed by atoms with E-state index in [1.54, 1.807) is 0 Å². The molecule has 0 amide bonds. The first kappa shape index (κ1) is 15.0. The van der Waals surface area contributed by atoms with Crippen LogP contribution < -0.4 is 5.32 Å². The first-order chi connectivity index (χ1) is 8.63. The molecule has 0 spiro atoms. The maximum Gasteiger partial charge on any atom is 0.303 e. The second-order valence-corrected chi connectivity index (χ2v) is 4.75. The number of halogens is 1. The zero-order chi connectivity index (χ0) is 13.4. The molecule has 0 fully saturated rings. The van der Waals surface area contributed by atoms with Gasteiger partial charge in [0.1, 0.15) is 0 Å². The molecule has 1 rings (SSSR count). The fourth-order valence-corrected chi connectivity index (χ4v) is 2.00. The highest BCUT2D eigenvalue weighted by Crippen LogP contribution is 2.19. The third kappa shape index (κ3) is 5.52. The van der Waals surface area contributed by atoms with Crippen LogP contribution in [-0.2, 0) is 4.79 Å². The van der Waals surface area contributed by atoms with Crippen LogP contribution in [0.5, 0.6) is 0 Å². The summed E-state index contributed by atoms with van der Waals surface area (Å²) in [6.07, 6.45) is 2.86. The molecular weight excluding hydrogens is 250 g/mol. The number of carbonyl (C=O) groups is 1. The molecule has 1 aromatic rings. The van der Waals surface area contributed by atoms with E-state index in [1.165, 1.54) is 5.56 Å². The number of hydrogen-bond acceptors (Lipinski definition) is 2. The largest absolute Gasteiger partial charge is 0.481 e. The van der Waals surface area contributed by atoms with Gasteiger partial charge in [-0.15, -0.1) is 0 Å². The van der Waals surface area contributed by atoms with E-state index in [-0.39, 0.29) is 6.42 Å². The van der Waals surface area contributed by atoms with E-state index in [1.807, 2.05) is 24.3 Å². The molecule has 0 radical (unpaired) electrons. The molecular formula is C14H20ClNO2. The summed E-state index contributed by atoms with van der Waals surface area (Å²) in [4.78, 5) is 10.4. The van der Waals surface area contributed by atoms with Gasteiger partial charge in [0.15, 0.2) is 0 Å². The normalized spacial score (nSPS) is 12.3. The van der Waals surface area contributed by atoms with Gasteiger partial charge in [-0.25, -0.2) is 0 Å². The van der Waals surface area contributed by atoms with Crippen molar-refractivity contribution in [3.8, 4) is 0 Å². The van der Waals surface area contributed by atoms with Gasteiger partial charge in [0.05, 0.1) is 0 Å². The van der Waals surface area contributed by atoms with Crippen LogP contribution in [0.15, 0.2) is 24.3 Å². The number of carboxylic acids is 1. The minimum Gasteiger partial charge on any atom is -0.481 e. The quantitative estimate of drug-likeness (QED) is 0.709. The molecule has 4 heteroatoms. The van der Waals surface area contributed by atoms with Crippen LogP contribution in [0.2, 0.25) is 5.02 Å². The third-order valence-corrected chi connectivity index (χ3v) is 3.14. The molecule has 0 bridgehead atoms. The van der Waals surface area contributed by atoms with E-state index in [4.69, 9.17) is 16.7 Å². The van der Waals surface area contributed by atoms with Gasteiger partial charge in [-0.2, -0.15) is 0 Å². The predicted molar refractivity (Wildman–Crippen MR) is 74.0 cm³/mol. The molecule has 0 aliphatic heterocycles. The lowest BCUT2D eigenvalue weighted by molar-refractivity contribution is -0.137. The molecule has 0 aliphatic carbocycles. The molecule has 0 heterocycles. The maximum atomic E-state index is 10.4. The SMILES string of the molecule is CCC(NCCCCC(=O)O)c1ccc(Cl)cc1.